The van der Waals surface area contributed by atoms with Crippen molar-refractivity contribution < 1.29 is 28.8 Å². The lowest BCUT2D eigenvalue weighted by Gasteiger charge is -2.01. The van der Waals surface area contributed by atoms with Gasteiger partial charge in [0.1, 0.15) is 0 Å². The molecular weight excluding hydrogens is 182 g/mol. The summed E-state index contributed by atoms with van der Waals surface area (Å²) < 4.78 is 8.32. The van der Waals surface area contributed by atoms with E-state index in [9.17, 15) is 14.8 Å². The van der Waals surface area contributed by atoms with Crippen LogP contribution >= 0.6 is 0 Å². The van der Waals surface area contributed by atoms with Crippen molar-refractivity contribution in [3.63, 3.8) is 0 Å². The van der Waals surface area contributed by atoms with E-state index in [1.54, 1.807) is 0 Å². The Morgan fingerprint density at radius 1 is 1.08 bits per heavy atom. The number of rotatable bonds is 3. The molecule has 0 heterocycles. The summed E-state index contributed by atoms with van der Waals surface area (Å²) in [7, 11) is 3.04. The molecule has 0 aliphatic heterocycles. The molecule has 7 heteroatoms. The zero-order chi connectivity index (χ0) is 10.4. The highest BCUT2D eigenvalue weighted by Crippen LogP contribution is 1.88. The van der Waals surface area contributed by atoms with Gasteiger partial charge in [-0.15, -0.1) is 0 Å². The van der Waals surface area contributed by atoms with Crippen LogP contribution in [0.1, 0.15) is 0 Å². The van der Waals surface area contributed by atoms with E-state index in [2.05, 4.69) is 14.3 Å². The lowest BCUT2D eigenvalue weighted by Crippen LogP contribution is -2.34. The molecular formula is C6H9NO6. The van der Waals surface area contributed by atoms with E-state index in [-0.39, 0.29) is 4.90 Å². The number of esters is 2. The summed E-state index contributed by atoms with van der Waals surface area (Å²) in [6, 6.07) is 0. The average Bonchev–Trinajstić information content (AvgIpc) is 2.16. The van der Waals surface area contributed by atoms with Crippen molar-refractivity contribution in [1.29, 1.82) is 0 Å². The highest BCUT2D eigenvalue weighted by atomic mass is 16.9. The van der Waals surface area contributed by atoms with Crippen LogP contribution in [-0.2, 0) is 23.9 Å². The second kappa shape index (κ2) is 4.96. The van der Waals surface area contributed by atoms with Gasteiger partial charge in [-0.3, -0.25) is 5.21 Å². The first kappa shape index (κ1) is 11.2. The van der Waals surface area contributed by atoms with Crippen molar-refractivity contribution >= 4 is 17.7 Å². The predicted octanol–water partition coefficient (Wildman–Crippen LogP) is -1.15. The molecule has 0 unspecified atom stereocenters. The van der Waals surface area contributed by atoms with Crippen LogP contribution in [0.5, 0.6) is 0 Å². The topological polar surface area (TPSA) is 87.9 Å². The maximum atomic E-state index is 10.8. The summed E-state index contributed by atoms with van der Waals surface area (Å²) in [5.41, 5.74) is -0.868. The number of carbonyl (C=O) groups excluding carboxylic acids is 2. The molecule has 0 aliphatic carbocycles. The van der Waals surface area contributed by atoms with E-state index >= 15 is 0 Å². The van der Waals surface area contributed by atoms with Gasteiger partial charge in [0, 0.05) is 7.11 Å². The van der Waals surface area contributed by atoms with Crippen LogP contribution in [0.15, 0.2) is 0 Å². The van der Waals surface area contributed by atoms with E-state index in [1.807, 2.05) is 0 Å². The molecule has 0 saturated heterocycles. The zero-order valence-electron chi connectivity index (χ0n) is 7.40. The fourth-order valence-electron chi connectivity index (χ4n) is 0.517. The average molecular weight is 191 g/mol. The molecule has 0 rings (SSSR count). The highest BCUT2D eigenvalue weighted by Gasteiger charge is 2.33. The van der Waals surface area contributed by atoms with Gasteiger partial charge in [0.25, 0.3) is 0 Å². The Kier molecular flexibility index (Phi) is 4.28. The van der Waals surface area contributed by atoms with Gasteiger partial charge in [0.2, 0.25) is 0 Å². The summed E-state index contributed by atoms with van der Waals surface area (Å²) in [6.45, 7) is 0. The first-order valence-corrected chi connectivity index (χ1v) is 3.13. The Morgan fingerprint density at radius 2 is 1.46 bits per heavy atom. The van der Waals surface area contributed by atoms with E-state index in [0.29, 0.717) is 0 Å². The molecule has 0 radical (unpaired) electrons. The van der Waals surface area contributed by atoms with Gasteiger partial charge in [-0.1, -0.05) is 0 Å². The third-order valence-electron chi connectivity index (χ3n) is 1.11. The standard InChI is InChI=1S/C6H9NO6/c1-11-5(8)4(6(9)12-2)7(10)13-3/h1-3H3. The Labute approximate surface area is 74.0 Å². The fourth-order valence-corrected chi connectivity index (χ4v) is 0.517. The van der Waals surface area contributed by atoms with Crippen LogP contribution in [0, 0.1) is 5.21 Å². The maximum absolute atomic E-state index is 10.8. The Hall–Kier alpha value is -1.79. The smallest absolute Gasteiger partial charge is 0.435 e. The van der Waals surface area contributed by atoms with Crippen molar-refractivity contribution in [3.05, 3.63) is 5.21 Å². The number of hydrogen-bond acceptors (Lipinski definition) is 6. The number of methoxy groups -OCH3 is 2. The largest absolute Gasteiger partial charge is 0.461 e. The lowest BCUT2D eigenvalue weighted by molar-refractivity contribution is -0.731. The molecule has 0 amide bonds. The van der Waals surface area contributed by atoms with Crippen molar-refractivity contribution in [2.45, 2.75) is 0 Å². The second-order valence-electron chi connectivity index (χ2n) is 1.77. The molecule has 0 saturated carbocycles. The predicted molar refractivity (Wildman–Crippen MR) is 39.7 cm³/mol. The molecule has 0 aliphatic rings. The van der Waals surface area contributed by atoms with Gasteiger partial charge in [-0.2, -0.15) is 0 Å². The molecule has 74 valence electrons. The van der Waals surface area contributed by atoms with Gasteiger partial charge in [0.05, 0.1) is 19.1 Å². The van der Waals surface area contributed by atoms with E-state index in [0.717, 1.165) is 21.3 Å². The zero-order valence-corrected chi connectivity index (χ0v) is 7.40. The SMILES string of the molecule is COC(=O)C(C(=O)OC)=[N+]([O-])OC. The number of carbonyl (C=O) groups is 2. The van der Waals surface area contributed by atoms with Crippen LogP contribution in [0.4, 0.5) is 0 Å². The summed E-state index contributed by atoms with van der Waals surface area (Å²) in [4.78, 5) is 25.5. The van der Waals surface area contributed by atoms with Gasteiger partial charge >= 0.3 is 17.7 Å². The molecule has 7 nitrogen and oxygen atoms in total. The highest BCUT2D eigenvalue weighted by molar-refractivity contribution is 6.60. The quantitative estimate of drug-likeness (QED) is 0.184. The van der Waals surface area contributed by atoms with E-state index in [1.165, 1.54) is 0 Å². The van der Waals surface area contributed by atoms with E-state index < -0.39 is 17.7 Å². The number of nitrogens with zero attached hydrogens (tertiary/aromatic N) is 1. The van der Waals surface area contributed by atoms with Crippen LogP contribution in [0.3, 0.4) is 0 Å². The molecule has 0 spiro atoms. The van der Waals surface area contributed by atoms with Gasteiger partial charge in [0.15, 0.2) is 0 Å². The molecule has 0 N–H and O–H groups in total. The normalized spacial score (nSPS) is 8.54. The van der Waals surface area contributed by atoms with Gasteiger partial charge in [-0.05, 0) is 0 Å². The van der Waals surface area contributed by atoms with Crippen LogP contribution < -0.4 is 0 Å². The molecule has 0 bridgehead atoms. The first-order chi connectivity index (χ1) is 6.08. The number of hydrogen-bond donors (Lipinski definition) is 0. The van der Waals surface area contributed by atoms with Crippen LogP contribution in [-0.4, -0.2) is 43.9 Å². The molecule has 0 fully saturated rings. The summed E-state index contributed by atoms with van der Waals surface area (Å²) in [6.07, 6.45) is 0. The minimum absolute atomic E-state index is 0.280. The molecule has 13 heavy (non-hydrogen) atoms. The third kappa shape index (κ3) is 2.62. The number of ether oxygens (including phenoxy) is 2. The molecule has 0 aromatic rings. The van der Waals surface area contributed by atoms with Crippen molar-refractivity contribution in [2.24, 2.45) is 0 Å². The second-order valence-corrected chi connectivity index (χ2v) is 1.77. The minimum Gasteiger partial charge on any atom is -0.461 e. The van der Waals surface area contributed by atoms with Crippen LogP contribution in [0.2, 0.25) is 0 Å². The summed E-state index contributed by atoms with van der Waals surface area (Å²) >= 11 is 0. The Bertz CT molecular complexity index is 228. The van der Waals surface area contributed by atoms with Crippen LogP contribution in [0.25, 0.3) is 0 Å². The Morgan fingerprint density at radius 3 is 1.69 bits per heavy atom. The monoisotopic (exact) mass is 191 g/mol. The molecule has 0 aromatic heterocycles. The first-order valence-electron chi connectivity index (χ1n) is 3.13. The van der Waals surface area contributed by atoms with Gasteiger partial charge in [-0.25, -0.2) is 9.59 Å². The van der Waals surface area contributed by atoms with Crippen molar-refractivity contribution in [1.82, 2.24) is 0 Å². The summed E-state index contributed by atoms with van der Waals surface area (Å²) in [5, 5.41) is 10.8. The van der Waals surface area contributed by atoms with Gasteiger partial charge < -0.3 is 14.3 Å². The maximum Gasteiger partial charge on any atom is 0.435 e. The minimum atomic E-state index is -1.12. The third-order valence-corrected chi connectivity index (χ3v) is 1.11. The Balaban J connectivity index is 4.97. The fraction of sp³-hybridized carbons (Fsp3) is 0.500. The van der Waals surface area contributed by atoms with Crippen molar-refractivity contribution in [2.75, 3.05) is 21.3 Å². The van der Waals surface area contributed by atoms with Crippen molar-refractivity contribution in [3.8, 4) is 0 Å². The molecule has 0 aromatic carbocycles. The van der Waals surface area contributed by atoms with E-state index in [4.69, 9.17) is 0 Å². The summed E-state index contributed by atoms with van der Waals surface area (Å²) in [5.74, 6) is -2.24. The lowest BCUT2D eigenvalue weighted by atomic mass is 10.4. The molecule has 0 atom stereocenters.